The fourth-order valence-corrected chi connectivity index (χ4v) is 2.39. The molecule has 2 rings (SSSR count). The molecule has 4 heteroatoms. The Morgan fingerprint density at radius 1 is 1.17 bits per heavy atom. The van der Waals surface area contributed by atoms with Crippen LogP contribution in [0.5, 0.6) is 0 Å². The van der Waals surface area contributed by atoms with Crippen molar-refractivity contribution in [2.24, 2.45) is 5.73 Å². The Labute approximate surface area is 108 Å². The Morgan fingerprint density at radius 2 is 1.83 bits per heavy atom. The summed E-state index contributed by atoms with van der Waals surface area (Å²) in [6.07, 6.45) is 9.37. The van der Waals surface area contributed by atoms with E-state index < -0.39 is 0 Å². The van der Waals surface area contributed by atoms with E-state index in [0.29, 0.717) is 6.54 Å². The van der Waals surface area contributed by atoms with Crippen LogP contribution in [0.2, 0.25) is 0 Å². The molecule has 0 amide bonds. The minimum atomic E-state index is -0.0465. The highest BCUT2D eigenvalue weighted by molar-refractivity contribution is 5.58. The second-order valence-electron chi connectivity index (χ2n) is 4.52. The quantitative estimate of drug-likeness (QED) is 0.878. The van der Waals surface area contributed by atoms with Crippen molar-refractivity contribution >= 4 is 0 Å². The molecular formula is C14H20N4. The zero-order valence-corrected chi connectivity index (χ0v) is 11.0. The number of nitrogens with zero attached hydrogens (tertiary/aromatic N) is 3. The molecule has 0 bridgehead atoms. The van der Waals surface area contributed by atoms with Crippen LogP contribution < -0.4 is 5.73 Å². The van der Waals surface area contributed by atoms with Crippen molar-refractivity contribution in [2.45, 2.75) is 32.2 Å². The molecule has 18 heavy (non-hydrogen) atoms. The lowest BCUT2D eigenvalue weighted by molar-refractivity contribution is 0.274. The van der Waals surface area contributed by atoms with Gasteiger partial charge >= 0.3 is 0 Å². The second-order valence-corrected chi connectivity index (χ2v) is 4.52. The van der Waals surface area contributed by atoms with Gasteiger partial charge in [0.25, 0.3) is 0 Å². The maximum atomic E-state index is 6.01. The molecule has 2 aromatic rings. The van der Waals surface area contributed by atoms with Gasteiger partial charge in [0.1, 0.15) is 0 Å². The molecule has 0 spiro atoms. The number of aromatic nitrogens is 3. The minimum absolute atomic E-state index is 0.0465. The number of nitrogens with two attached hydrogens (primary N) is 1. The van der Waals surface area contributed by atoms with Crippen LogP contribution in [0, 0.1) is 0 Å². The van der Waals surface area contributed by atoms with Gasteiger partial charge in [0, 0.05) is 24.5 Å². The molecule has 0 aliphatic carbocycles. The van der Waals surface area contributed by atoms with E-state index >= 15 is 0 Å². The summed E-state index contributed by atoms with van der Waals surface area (Å²) in [6, 6.07) is 4.00. The third kappa shape index (κ3) is 2.04. The van der Waals surface area contributed by atoms with Crippen LogP contribution in [0.1, 0.15) is 26.7 Å². The van der Waals surface area contributed by atoms with Gasteiger partial charge in [-0.3, -0.25) is 4.98 Å². The smallest absolute Gasteiger partial charge is 0.0956 e. The first-order chi connectivity index (χ1) is 8.77. The Hall–Kier alpha value is -1.68. The third-order valence-corrected chi connectivity index (χ3v) is 3.82. The van der Waals surface area contributed by atoms with Crippen molar-refractivity contribution < 1.29 is 0 Å². The highest BCUT2D eigenvalue weighted by Gasteiger charge is 2.28. The largest absolute Gasteiger partial charge is 0.328 e. The Kier molecular flexibility index (Phi) is 3.77. The van der Waals surface area contributed by atoms with Crippen LogP contribution in [0.3, 0.4) is 0 Å². The molecular weight excluding hydrogens is 224 g/mol. The van der Waals surface area contributed by atoms with Gasteiger partial charge in [-0.1, -0.05) is 13.8 Å². The van der Waals surface area contributed by atoms with Crippen molar-refractivity contribution in [3.63, 3.8) is 0 Å². The molecule has 2 heterocycles. The maximum absolute atomic E-state index is 6.01. The van der Waals surface area contributed by atoms with Crippen molar-refractivity contribution in [1.29, 1.82) is 0 Å². The monoisotopic (exact) mass is 244 g/mol. The van der Waals surface area contributed by atoms with E-state index in [-0.39, 0.29) is 5.54 Å². The molecule has 96 valence electrons. The van der Waals surface area contributed by atoms with Crippen LogP contribution in [0.4, 0.5) is 0 Å². The van der Waals surface area contributed by atoms with Crippen molar-refractivity contribution in [1.82, 2.24) is 14.5 Å². The summed E-state index contributed by atoms with van der Waals surface area (Å²) in [4.78, 5) is 8.35. The van der Waals surface area contributed by atoms with E-state index in [1.165, 1.54) is 0 Å². The van der Waals surface area contributed by atoms with E-state index in [1.54, 1.807) is 12.4 Å². The fraction of sp³-hybridized carbons (Fsp3) is 0.429. The molecule has 0 saturated heterocycles. The molecule has 0 aliphatic heterocycles. The summed E-state index contributed by atoms with van der Waals surface area (Å²) in [5.74, 6) is 0. The fourth-order valence-electron chi connectivity index (χ4n) is 2.39. The summed E-state index contributed by atoms with van der Waals surface area (Å²) in [7, 11) is 0. The molecule has 2 aromatic heterocycles. The summed E-state index contributed by atoms with van der Waals surface area (Å²) in [6.45, 7) is 4.97. The first kappa shape index (κ1) is 12.8. The van der Waals surface area contributed by atoms with Crippen molar-refractivity contribution in [2.75, 3.05) is 6.54 Å². The van der Waals surface area contributed by atoms with Gasteiger partial charge in [0.2, 0.25) is 0 Å². The number of hydrogen-bond donors (Lipinski definition) is 1. The molecule has 4 nitrogen and oxygen atoms in total. The van der Waals surface area contributed by atoms with Crippen LogP contribution in [0.15, 0.2) is 37.1 Å². The van der Waals surface area contributed by atoms with E-state index in [2.05, 4.69) is 28.4 Å². The number of pyridine rings is 1. The van der Waals surface area contributed by atoms with Crippen molar-refractivity contribution in [3.05, 3.63) is 37.1 Å². The molecule has 2 N–H and O–H groups in total. The predicted octanol–water partition coefficient (Wildman–Crippen LogP) is 2.42. The molecule has 0 atom stereocenters. The van der Waals surface area contributed by atoms with Gasteiger partial charge in [-0.05, 0) is 25.0 Å². The molecule has 0 unspecified atom stereocenters. The Morgan fingerprint density at radius 3 is 2.39 bits per heavy atom. The first-order valence-electron chi connectivity index (χ1n) is 6.40. The van der Waals surface area contributed by atoms with E-state index in [9.17, 15) is 0 Å². The van der Waals surface area contributed by atoms with Gasteiger partial charge in [0.05, 0.1) is 23.8 Å². The normalized spacial score (nSPS) is 11.7. The van der Waals surface area contributed by atoms with Gasteiger partial charge in [0.15, 0.2) is 0 Å². The summed E-state index contributed by atoms with van der Waals surface area (Å²) in [5, 5.41) is 0. The maximum Gasteiger partial charge on any atom is 0.0956 e. The standard InChI is InChI=1S/C14H20N4/c1-3-14(4-2,10-15)18-11-17-9-13(18)12-5-7-16-8-6-12/h5-9,11H,3-4,10,15H2,1-2H3. The average Bonchev–Trinajstić information content (AvgIpc) is 2.93. The van der Waals surface area contributed by atoms with E-state index in [1.807, 2.05) is 24.7 Å². The Balaban J connectivity index is 2.51. The number of rotatable bonds is 5. The lowest BCUT2D eigenvalue weighted by Crippen LogP contribution is -2.40. The van der Waals surface area contributed by atoms with Gasteiger partial charge in [-0.2, -0.15) is 0 Å². The van der Waals surface area contributed by atoms with E-state index in [4.69, 9.17) is 5.73 Å². The van der Waals surface area contributed by atoms with Crippen LogP contribution in [0.25, 0.3) is 11.3 Å². The summed E-state index contributed by atoms with van der Waals surface area (Å²) in [5.41, 5.74) is 8.19. The SMILES string of the molecule is CCC(CC)(CN)n1cncc1-c1ccncc1. The zero-order chi connectivity index (χ0) is 13.0. The van der Waals surface area contributed by atoms with Crippen LogP contribution in [-0.4, -0.2) is 21.1 Å². The van der Waals surface area contributed by atoms with Crippen molar-refractivity contribution in [3.8, 4) is 11.3 Å². The van der Waals surface area contributed by atoms with Crippen LogP contribution in [-0.2, 0) is 5.54 Å². The first-order valence-corrected chi connectivity index (χ1v) is 6.40. The third-order valence-electron chi connectivity index (χ3n) is 3.82. The van der Waals surface area contributed by atoms with Gasteiger partial charge in [-0.15, -0.1) is 0 Å². The molecule has 0 fully saturated rings. The number of hydrogen-bond acceptors (Lipinski definition) is 3. The number of imidazole rings is 1. The predicted molar refractivity (Wildman–Crippen MR) is 73.1 cm³/mol. The second kappa shape index (κ2) is 5.31. The summed E-state index contributed by atoms with van der Waals surface area (Å²) < 4.78 is 2.21. The van der Waals surface area contributed by atoms with E-state index in [0.717, 1.165) is 24.1 Å². The molecule has 0 aliphatic rings. The minimum Gasteiger partial charge on any atom is -0.328 e. The Bertz CT molecular complexity index is 477. The highest BCUT2D eigenvalue weighted by atomic mass is 15.1. The zero-order valence-electron chi connectivity index (χ0n) is 11.0. The lowest BCUT2D eigenvalue weighted by Gasteiger charge is -2.33. The van der Waals surface area contributed by atoms with Gasteiger partial charge < -0.3 is 10.3 Å². The van der Waals surface area contributed by atoms with Gasteiger partial charge in [-0.25, -0.2) is 4.98 Å². The molecule has 0 saturated carbocycles. The average molecular weight is 244 g/mol. The topological polar surface area (TPSA) is 56.7 Å². The van der Waals surface area contributed by atoms with Crippen LogP contribution >= 0.6 is 0 Å². The molecule has 0 aromatic carbocycles. The highest BCUT2D eigenvalue weighted by Crippen LogP contribution is 2.30. The molecule has 0 radical (unpaired) electrons. The lowest BCUT2D eigenvalue weighted by atomic mass is 9.92. The summed E-state index contributed by atoms with van der Waals surface area (Å²) >= 11 is 0.